The Balaban J connectivity index is 2.10. The first-order valence-electron chi connectivity index (χ1n) is 6.52. The van der Waals surface area contributed by atoms with Gasteiger partial charge in [-0.1, -0.05) is 37.3 Å². The van der Waals surface area contributed by atoms with E-state index >= 15 is 0 Å². The summed E-state index contributed by atoms with van der Waals surface area (Å²) in [7, 11) is 0. The molecule has 1 heterocycles. The van der Waals surface area contributed by atoms with Crippen LogP contribution in [-0.2, 0) is 12.8 Å². The molecule has 2 rings (SSSR count). The van der Waals surface area contributed by atoms with E-state index in [9.17, 15) is 0 Å². The third kappa shape index (κ3) is 3.17. The van der Waals surface area contributed by atoms with Crippen LogP contribution in [0.3, 0.4) is 0 Å². The monoisotopic (exact) mass is 240 g/mol. The maximum absolute atomic E-state index is 5.87. The van der Waals surface area contributed by atoms with E-state index in [1.807, 2.05) is 18.3 Å². The smallest absolute Gasteiger partial charge is 0.0450 e. The van der Waals surface area contributed by atoms with Gasteiger partial charge in [-0.3, -0.25) is 4.98 Å². The Morgan fingerprint density at radius 2 is 1.78 bits per heavy atom. The van der Waals surface area contributed by atoms with Crippen LogP contribution in [0.5, 0.6) is 0 Å². The molecule has 0 bridgehead atoms. The van der Waals surface area contributed by atoms with Crippen molar-refractivity contribution in [3.8, 4) is 0 Å². The molecule has 1 unspecified atom stereocenters. The van der Waals surface area contributed by atoms with E-state index in [2.05, 4.69) is 42.2 Å². The van der Waals surface area contributed by atoms with E-state index in [0.717, 1.165) is 18.5 Å². The van der Waals surface area contributed by atoms with Crippen molar-refractivity contribution in [1.29, 1.82) is 0 Å². The topological polar surface area (TPSA) is 38.9 Å². The predicted molar refractivity (Wildman–Crippen MR) is 75.6 cm³/mol. The van der Waals surface area contributed by atoms with Crippen LogP contribution >= 0.6 is 0 Å². The number of nitrogens with zero attached hydrogens (tertiary/aromatic N) is 1. The highest BCUT2D eigenvalue weighted by Gasteiger charge is 2.11. The van der Waals surface area contributed by atoms with Crippen molar-refractivity contribution >= 4 is 0 Å². The minimum absolute atomic E-state index is 0.304. The summed E-state index contributed by atoms with van der Waals surface area (Å²) in [6, 6.07) is 14.8. The number of rotatable bonds is 5. The number of aryl methyl sites for hydroxylation is 1. The van der Waals surface area contributed by atoms with Gasteiger partial charge in [0.25, 0.3) is 0 Å². The predicted octanol–water partition coefficient (Wildman–Crippen LogP) is 2.93. The lowest BCUT2D eigenvalue weighted by atomic mass is 9.95. The quantitative estimate of drug-likeness (QED) is 0.872. The molecule has 1 aromatic heterocycles. The largest absolute Gasteiger partial charge is 0.330 e. The highest BCUT2D eigenvalue weighted by atomic mass is 14.7. The van der Waals surface area contributed by atoms with Gasteiger partial charge in [-0.05, 0) is 36.1 Å². The molecule has 2 heteroatoms. The second-order valence-corrected chi connectivity index (χ2v) is 4.56. The van der Waals surface area contributed by atoms with E-state index in [-0.39, 0.29) is 0 Å². The van der Waals surface area contributed by atoms with E-state index < -0.39 is 0 Å². The number of benzene rings is 1. The van der Waals surface area contributed by atoms with Crippen molar-refractivity contribution in [3.05, 3.63) is 65.5 Å². The first-order valence-corrected chi connectivity index (χ1v) is 6.52. The third-order valence-electron chi connectivity index (χ3n) is 3.30. The summed E-state index contributed by atoms with van der Waals surface area (Å²) in [5.74, 6) is 0.304. The van der Waals surface area contributed by atoms with Crippen LogP contribution in [0.2, 0.25) is 0 Å². The average Bonchev–Trinajstić information content (AvgIpc) is 2.46. The van der Waals surface area contributed by atoms with Gasteiger partial charge in [0.15, 0.2) is 0 Å². The lowest BCUT2D eigenvalue weighted by Crippen LogP contribution is -2.16. The van der Waals surface area contributed by atoms with Crippen molar-refractivity contribution < 1.29 is 0 Å². The molecule has 0 radical (unpaired) electrons. The van der Waals surface area contributed by atoms with Gasteiger partial charge in [-0.15, -0.1) is 0 Å². The van der Waals surface area contributed by atoms with Crippen LogP contribution in [0.15, 0.2) is 48.7 Å². The summed E-state index contributed by atoms with van der Waals surface area (Å²) in [4.78, 5) is 4.40. The second-order valence-electron chi connectivity index (χ2n) is 4.56. The van der Waals surface area contributed by atoms with Gasteiger partial charge >= 0.3 is 0 Å². The van der Waals surface area contributed by atoms with Crippen LogP contribution in [0, 0.1) is 0 Å². The van der Waals surface area contributed by atoms with Crippen molar-refractivity contribution in [1.82, 2.24) is 4.98 Å². The van der Waals surface area contributed by atoms with E-state index in [4.69, 9.17) is 5.73 Å². The summed E-state index contributed by atoms with van der Waals surface area (Å²) in [5, 5.41) is 0. The molecule has 2 aromatic rings. The Morgan fingerprint density at radius 3 is 2.33 bits per heavy atom. The Hall–Kier alpha value is -1.67. The molecule has 2 nitrogen and oxygen atoms in total. The van der Waals surface area contributed by atoms with Gasteiger partial charge in [0.1, 0.15) is 0 Å². The molecule has 0 amide bonds. The summed E-state index contributed by atoms with van der Waals surface area (Å²) < 4.78 is 0. The molecular weight excluding hydrogens is 220 g/mol. The van der Waals surface area contributed by atoms with Crippen molar-refractivity contribution in [2.45, 2.75) is 25.7 Å². The zero-order valence-corrected chi connectivity index (χ0v) is 10.8. The highest BCUT2D eigenvalue weighted by molar-refractivity contribution is 5.25. The van der Waals surface area contributed by atoms with Crippen LogP contribution in [-0.4, -0.2) is 11.5 Å². The Kier molecular flexibility index (Phi) is 4.48. The second kappa shape index (κ2) is 6.31. The lowest BCUT2D eigenvalue weighted by molar-refractivity contribution is 0.672. The number of aromatic nitrogens is 1. The van der Waals surface area contributed by atoms with Crippen molar-refractivity contribution in [3.63, 3.8) is 0 Å². The van der Waals surface area contributed by atoms with Crippen molar-refractivity contribution in [2.75, 3.05) is 6.54 Å². The van der Waals surface area contributed by atoms with E-state index in [0.29, 0.717) is 12.5 Å². The molecule has 0 spiro atoms. The number of hydrogen-bond donors (Lipinski definition) is 1. The summed E-state index contributed by atoms with van der Waals surface area (Å²) >= 11 is 0. The maximum atomic E-state index is 5.87. The molecule has 2 N–H and O–H groups in total. The van der Waals surface area contributed by atoms with Gasteiger partial charge in [0.05, 0.1) is 0 Å². The zero-order valence-electron chi connectivity index (χ0n) is 10.8. The molecular formula is C16H20N2. The van der Waals surface area contributed by atoms with Gasteiger partial charge in [-0.2, -0.15) is 0 Å². The SMILES string of the molecule is CCc1ccc(CC(CN)c2ccccn2)cc1. The third-order valence-corrected chi connectivity index (χ3v) is 3.30. The molecule has 0 aliphatic carbocycles. The van der Waals surface area contributed by atoms with Gasteiger partial charge in [0, 0.05) is 24.4 Å². The molecule has 1 aromatic carbocycles. The van der Waals surface area contributed by atoms with Gasteiger partial charge in [0.2, 0.25) is 0 Å². The number of nitrogens with two attached hydrogens (primary N) is 1. The fourth-order valence-electron chi connectivity index (χ4n) is 2.12. The Labute approximate surface area is 109 Å². The van der Waals surface area contributed by atoms with Crippen LogP contribution in [0.4, 0.5) is 0 Å². The van der Waals surface area contributed by atoms with Gasteiger partial charge < -0.3 is 5.73 Å². The molecule has 0 fully saturated rings. The van der Waals surface area contributed by atoms with Crippen molar-refractivity contribution in [2.24, 2.45) is 5.73 Å². The summed E-state index contributed by atoms with van der Waals surface area (Å²) in [6.07, 6.45) is 3.87. The highest BCUT2D eigenvalue weighted by Crippen LogP contribution is 2.18. The normalized spacial score (nSPS) is 12.3. The van der Waals surface area contributed by atoms with E-state index in [1.165, 1.54) is 11.1 Å². The number of pyridine rings is 1. The molecule has 18 heavy (non-hydrogen) atoms. The summed E-state index contributed by atoms with van der Waals surface area (Å²) in [6.45, 7) is 2.80. The summed E-state index contributed by atoms with van der Waals surface area (Å²) in [5.41, 5.74) is 9.65. The molecule has 0 aliphatic heterocycles. The molecule has 0 saturated carbocycles. The Bertz CT molecular complexity index is 462. The van der Waals surface area contributed by atoms with Crippen LogP contribution in [0.1, 0.15) is 29.7 Å². The first kappa shape index (κ1) is 12.8. The average molecular weight is 240 g/mol. The zero-order chi connectivity index (χ0) is 12.8. The fraction of sp³-hybridized carbons (Fsp3) is 0.312. The Morgan fingerprint density at radius 1 is 1.06 bits per heavy atom. The fourth-order valence-corrected chi connectivity index (χ4v) is 2.12. The van der Waals surface area contributed by atoms with Crippen LogP contribution < -0.4 is 5.73 Å². The number of hydrogen-bond acceptors (Lipinski definition) is 2. The molecule has 0 saturated heterocycles. The minimum atomic E-state index is 0.304. The maximum Gasteiger partial charge on any atom is 0.0450 e. The molecule has 1 atom stereocenters. The molecule has 94 valence electrons. The first-order chi connectivity index (χ1) is 8.83. The van der Waals surface area contributed by atoms with Gasteiger partial charge in [-0.25, -0.2) is 0 Å². The molecule has 0 aliphatic rings. The lowest BCUT2D eigenvalue weighted by Gasteiger charge is -2.14. The minimum Gasteiger partial charge on any atom is -0.330 e. The van der Waals surface area contributed by atoms with Crippen LogP contribution in [0.25, 0.3) is 0 Å². The van der Waals surface area contributed by atoms with E-state index in [1.54, 1.807) is 0 Å². The standard InChI is InChI=1S/C16H20N2/c1-2-13-6-8-14(9-7-13)11-15(12-17)16-5-3-4-10-18-16/h3-10,15H,2,11-12,17H2,1H3.